The van der Waals surface area contributed by atoms with Gasteiger partial charge in [0.1, 0.15) is 18.3 Å². The molecule has 0 spiro atoms. The fraction of sp³-hybridized carbons (Fsp3) is 0.467. The van der Waals surface area contributed by atoms with Crippen LogP contribution in [0.3, 0.4) is 0 Å². The van der Waals surface area contributed by atoms with Crippen molar-refractivity contribution in [2.45, 2.75) is 39.2 Å². The summed E-state index contributed by atoms with van der Waals surface area (Å²) in [6.07, 6.45) is 6.81. The fourth-order valence-corrected chi connectivity index (χ4v) is 3.23. The Morgan fingerprint density at radius 3 is 2.90 bits per heavy atom. The second-order valence-corrected chi connectivity index (χ2v) is 6.63. The topological polar surface area (TPSA) is 42.7 Å². The number of nitrogens with zero attached hydrogens (tertiary/aromatic N) is 3. The summed E-state index contributed by atoms with van der Waals surface area (Å²) in [4.78, 5) is 4.00. The van der Waals surface area contributed by atoms with Gasteiger partial charge in [0, 0.05) is 6.04 Å². The molecule has 5 heteroatoms. The first-order valence-corrected chi connectivity index (χ1v) is 7.33. The Kier molecular flexibility index (Phi) is 3.42. The highest BCUT2D eigenvalue weighted by Gasteiger charge is 2.31. The molecule has 106 valence electrons. The van der Waals surface area contributed by atoms with E-state index < -0.39 is 0 Å². The van der Waals surface area contributed by atoms with Crippen molar-refractivity contribution >= 4 is 17.3 Å². The van der Waals surface area contributed by atoms with Gasteiger partial charge in [-0.2, -0.15) is 5.10 Å². The van der Waals surface area contributed by atoms with Crippen LogP contribution >= 0.6 is 11.6 Å². The molecule has 0 amide bonds. The highest BCUT2D eigenvalue weighted by Crippen LogP contribution is 2.39. The van der Waals surface area contributed by atoms with Gasteiger partial charge in [-0.25, -0.2) is 9.67 Å². The van der Waals surface area contributed by atoms with Crippen molar-refractivity contribution in [1.29, 1.82) is 0 Å². The van der Waals surface area contributed by atoms with E-state index in [1.54, 1.807) is 11.0 Å². The first-order valence-electron chi connectivity index (χ1n) is 6.95. The lowest BCUT2D eigenvalue weighted by Gasteiger charge is -2.20. The summed E-state index contributed by atoms with van der Waals surface area (Å²) in [5, 5.41) is 8.49. The molecule has 4 nitrogen and oxygen atoms in total. The van der Waals surface area contributed by atoms with Crippen molar-refractivity contribution in [3.05, 3.63) is 35.9 Å². The number of hydrogen-bond acceptors (Lipinski definition) is 3. The summed E-state index contributed by atoms with van der Waals surface area (Å²) in [6, 6.07) is 6.38. The SMILES string of the molecule is CC1(C)CCC(Nc2cccc(Cl)c2-n2cncn2)C1. The summed E-state index contributed by atoms with van der Waals surface area (Å²) in [7, 11) is 0. The van der Waals surface area contributed by atoms with Crippen LogP contribution < -0.4 is 5.32 Å². The monoisotopic (exact) mass is 290 g/mol. The fourth-order valence-electron chi connectivity index (χ4n) is 2.97. The molecule has 1 aromatic carbocycles. The number of hydrogen-bond donors (Lipinski definition) is 1. The number of anilines is 1. The van der Waals surface area contributed by atoms with Crippen LogP contribution in [0.1, 0.15) is 33.1 Å². The number of para-hydroxylation sites is 1. The lowest BCUT2D eigenvalue weighted by atomic mass is 9.92. The third-order valence-electron chi connectivity index (χ3n) is 3.96. The Balaban J connectivity index is 1.89. The summed E-state index contributed by atoms with van der Waals surface area (Å²) in [6.45, 7) is 4.65. The van der Waals surface area contributed by atoms with Crippen molar-refractivity contribution < 1.29 is 0 Å². The molecule has 1 unspecified atom stereocenters. The normalized spacial score (nSPS) is 21.1. The van der Waals surface area contributed by atoms with E-state index in [2.05, 4.69) is 29.2 Å². The van der Waals surface area contributed by atoms with Crippen molar-refractivity contribution in [2.75, 3.05) is 5.32 Å². The zero-order valence-electron chi connectivity index (χ0n) is 11.8. The molecule has 20 heavy (non-hydrogen) atoms. The van der Waals surface area contributed by atoms with Gasteiger partial charge >= 0.3 is 0 Å². The number of rotatable bonds is 3. The lowest BCUT2D eigenvalue weighted by molar-refractivity contribution is 0.378. The lowest BCUT2D eigenvalue weighted by Crippen LogP contribution is -2.19. The summed E-state index contributed by atoms with van der Waals surface area (Å²) >= 11 is 6.33. The van der Waals surface area contributed by atoms with Gasteiger partial charge in [-0.15, -0.1) is 0 Å². The minimum atomic E-state index is 0.420. The smallest absolute Gasteiger partial charge is 0.138 e. The van der Waals surface area contributed by atoms with Gasteiger partial charge in [-0.05, 0) is 36.8 Å². The molecule has 1 aliphatic rings. The van der Waals surface area contributed by atoms with E-state index in [9.17, 15) is 0 Å². The second-order valence-electron chi connectivity index (χ2n) is 6.22. The van der Waals surface area contributed by atoms with E-state index in [1.165, 1.54) is 25.6 Å². The van der Waals surface area contributed by atoms with Crippen LogP contribution in [0.15, 0.2) is 30.9 Å². The van der Waals surface area contributed by atoms with Gasteiger partial charge in [0.25, 0.3) is 0 Å². The van der Waals surface area contributed by atoms with Crippen LogP contribution in [0, 0.1) is 5.41 Å². The van der Waals surface area contributed by atoms with Gasteiger partial charge < -0.3 is 5.32 Å². The largest absolute Gasteiger partial charge is 0.381 e. The molecule has 1 N–H and O–H groups in total. The van der Waals surface area contributed by atoms with Crippen LogP contribution in [0.25, 0.3) is 5.69 Å². The highest BCUT2D eigenvalue weighted by atomic mass is 35.5. The Morgan fingerprint density at radius 2 is 2.25 bits per heavy atom. The van der Waals surface area contributed by atoms with Gasteiger partial charge in [-0.1, -0.05) is 31.5 Å². The minimum absolute atomic E-state index is 0.420. The van der Waals surface area contributed by atoms with E-state index in [1.807, 2.05) is 18.2 Å². The van der Waals surface area contributed by atoms with Crippen molar-refractivity contribution in [3.8, 4) is 5.69 Å². The third kappa shape index (κ3) is 2.66. The summed E-state index contributed by atoms with van der Waals surface area (Å²) in [5.41, 5.74) is 2.31. The predicted molar refractivity (Wildman–Crippen MR) is 81.4 cm³/mol. The first kappa shape index (κ1) is 13.4. The van der Waals surface area contributed by atoms with Crippen molar-refractivity contribution in [2.24, 2.45) is 5.41 Å². The van der Waals surface area contributed by atoms with Crippen molar-refractivity contribution in [3.63, 3.8) is 0 Å². The van der Waals surface area contributed by atoms with Crippen LogP contribution in [0.2, 0.25) is 5.02 Å². The average molecular weight is 291 g/mol. The molecule has 0 radical (unpaired) electrons. The highest BCUT2D eigenvalue weighted by molar-refractivity contribution is 6.33. The molecule has 1 heterocycles. The zero-order valence-corrected chi connectivity index (χ0v) is 12.6. The van der Waals surface area contributed by atoms with Gasteiger partial charge in [0.15, 0.2) is 0 Å². The Morgan fingerprint density at radius 1 is 1.40 bits per heavy atom. The van der Waals surface area contributed by atoms with Gasteiger partial charge in [0.05, 0.1) is 10.7 Å². The molecule has 2 aromatic rings. The Labute approximate surface area is 124 Å². The van der Waals surface area contributed by atoms with Gasteiger partial charge in [-0.3, -0.25) is 0 Å². The number of aromatic nitrogens is 3. The van der Waals surface area contributed by atoms with Crippen molar-refractivity contribution in [1.82, 2.24) is 14.8 Å². The van der Waals surface area contributed by atoms with Gasteiger partial charge in [0.2, 0.25) is 0 Å². The van der Waals surface area contributed by atoms with Crippen LogP contribution in [0.4, 0.5) is 5.69 Å². The molecule has 1 aliphatic carbocycles. The maximum Gasteiger partial charge on any atom is 0.138 e. The molecule has 1 saturated carbocycles. The molecule has 1 fully saturated rings. The average Bonchev–Trinajstić information content (AvgIpc) is 2.99. The molecule has 0 saturated heterocycles. The summed E-state index contributed by atoms with van der Waals surface area (Å²) < 4.78 is 1.71. The first-order chi connectivity index (χ1) is 9.55. The van der Waals surface area contributed by atoms with E-state index in [0.717, 1.165) is 11.4 Å². The van der Waals surface area contributed by atoms with E-state index >= 15 is 0 Å². The number of benzene rings is 1. The molecular weight excluding hydrogens is 272 g/mol. The second kappa shape index (κ2) is 5.09. The molecule has 0 aliphatic heterocycles. The maximum absolute atomic E-state index is 6.33. The number of halogens is 1. The Hall–Kier alpha value is -1.55. The Bertz CT molecular complexity index is 592. The van der Waals surface area contributed by atoms with E-state index in [4.69, 9.17) is 11.6 Å². The quantitative estimate of drug-likeness (QED) is 0.932. The van der Waals surface area contributed by atoms with Crippen LogP contribution in [0.5, 0.6) is 0 Å². The van der Waals surface area contributed by atoms with E-state index in [0.29, 0.717) is 16.5 Å². The summed E-state index contributed by atoms with van der Waals surface area (Å²) in [5.74, 6) is 0. The maximum atomic E-state index is 6.33. The number of nitrogens with one attached hydrogen (secondary N) is 1. The van der Waals surface area contributed by atoms with Crippen LogP contribution in [-0.4, -0.2) is 20.8 Å². The van der Waals surface area contributed by atoms with Crippen LogP contribution in [-0.2, 0) is 0 Å². The zero-order chi connectivity index (χ0) is 14.2. The molecule has 0 bridgehead atoms. The standard InChI is InChI=1S/C15H19ClN4/c1-15(2)7-6-11(8-15)19-13-5-3-4-12(16)14(13)20-10-17-9-18-20/h3-5,9-11,19H,6-8H2,1-2H3. The molecule has 1 aromatic heterocycles. The molecular formula is C15H19ClN4. The third-order valence-corrected chi connectivity index (χ3v) is 4.27. The minimum Gasteiger partial charge on any atom is -0.381 e. The predicted octanol–water partition coefficient (Wildman–Crippen LogP) is 3.91. The molecule has 3 rings (SSSR count). The van der Waals surface area contributed by atoms with E-state index in [-0.39, 0.29) is 0 Å². The molecule has 1 atom stereocenters.